The van der Waals surface area contributed by atoms with Gasteiger partial charge in [0.15, 0.2) is 12.6 Å². The van der Waals surface area contributed by atoms with Gasteiger partial charge in [0.2, 0.25) is 0 Å². The molecule has 1 aliphatic heterocycles. The molecule has 3 N–H and O–H groups in total. The Morgan fingerprint density at radius 3 is 2.58 bits per heavy atom. The van der Waals surface area contributed by atoms with Gasteiger partial charge in [0.05, 0.1) is 6.61 Å². The molecule has 1 aromatic carbocycles. The quantitative estimate of drug-likeness (QED) is 0.630. The van der Waals surface area contributed by atoms with Crippen LogP contribution in [0.25, 0.3) is 0 Å². The van der Waals surface area contributed by atoms with E-state index in [1.165, 1.54) is 0 Å². The van der Waals surface area contributed by atoms with Crippen molar-refractivity contribution >= 4 is 6.29 Å². The second-order valence-electron chi connectivity index (χ2n) is 4.36. The largest absolute Gasteiger partial charge is 0.388 e. The van der Waals surface area contributed by atoms with Crippen molar-refractivity contribution in [1.82, 2.24) is 0 Å². The number of hydrogen-bond acceptors (Lipinski definition) is 6. The molecule has 0 bridgehead atoms. The third-order valence-electron chi connectivity index (χ3n) is 2.98. The van der Waals surface area contributed by atoms with Gasteiger partial charge in [-0.3, -0.25) is 0 Å². The van der Waals surface area contributed by atoms with Crippen LogP contribution in [0.3, 0.4) is 0 Å². The predicted octanol–water partition coefficient (Wildman–Crippen LogP) is -0.618. The maximum atomic E-state index is 10.5. The molecule has 2 rings (SSSR count). The minimum absolute atomic E-state index is 0.0487. The number of aldehydes is 1. The maximum absolute atomic E-state index is 10.5. The normalized spacial score (nSPS) is 30.6. The van der Waals surface area contributed by atoms with Crippen molar-refractivity contribution in [2.24, 2.45) is 0 Å². The van der Waals surface area contributed by atoms with Gasteiger partial charge in [-0.25, -0.2) is 0 Å². The number of ether oxygens (including phenoxy) is 2. The van der Waals surface area contributed by atoms with Crippen molar-refractivity contribution in [3.8, 4) is 0 Å². The molecule has 0 aromatic heterocycles. The summed E-state index contributed by atoms with van der Waals surface area (Å²) in [5, 5.41) is 28.8. The molecule has 6 heteroatoms. The summed E-state index contributed by atoms with van der Waals surface area (Å²) in [6, 6.07) is 9.01. The molecule has 19 heavy (non-hydrogen) atoms. The van der Waals surface area contributed by atoms with Crippen molar-refractivity contribution in [3.63, 3.8) is 0 Å². The number of carbonyl (C=O) groups is 1. The Hall–Kier alpha value is -1.31. The zero-order valence-electron chi connectivity index (χ0n) is 10.1. The van der Waals surface area contributed by atoms with Gasteiger partial charge in [-0.1, -0.05) is 30.3 Å². The Morgan fingerprint density at radius 1 is 1.26 bits per heavy atom. The van der Waals surface area contributed by atoms with Crippen LogP contribution in [0.5, 0.6) is 0 Å². The minimum Gasteiger partial charge on any atom is -0.388 e. The van der Waals surface area contributed by atoms with Gasteiger partial charge < -0.3 is 29.6 Å². The zero-order chi connectivity index (χ0) is 13.8. The van der Waals surface area contributed by atoms with E-state index < -0.39 is 30.7 Å². The fraction of sp³-hybridized carbons (Fsp3) is 0.462. The first-order valence-corrected chi connectivity index (χ1v) is 5.95. The molecule has 1 heterocycles. The Bertz CT molecular complexity index is 409. The Labute approximate surface area is 110 Å². The first kappa shape index (κ1) is 14.1. The summed E-state index contributed by atoms with van der Waals surface area (Å²) in [5.74, 6) is 0. The van der Waals surface area contributed by atoms with E-state index in [2.05, 4.69) is 0 Å². The topological polar surface area (TPSA) is 96.2 Å². The molecule has 0 unspecified atom stereocenters. The van der Waals surface area contributed by atoms with E-state index in [1.54, 1.807) is 24.3 Å². The highest BCUT2D eigenvalue weighted by Crippen LogP contribution is 2.28. The standard InChI is InChI=1S/C13H16O6/c14-6-9(15)11(17)12-10(16)7-18-13(19-12)8-4-2-1-3-5-8/h1-6,9-13,15-17H,7H2/t9-,10+,11+,12+,13+/m0/s1. The first-order chi connectivity index (χ1) is 9.13. The van der Waals surface area contributed by atoms with E-state index in [-0.39, 0.29) is 12.9 Å². The second-order valence-corrected chi connectivity index (χ2v) is 4.36. The van der Waals surface area contributed by atoms with Gasteiger partial charge in [-0.05, 0) is 0 Å². The third-order valence-corrected chi connectivity index (χ3v) is 2.98. The van der Waals surface area contributed by atoms with Crippen LogP contribution in [0.1, 0.15) is 11.9 Å². The molecule has 1 fully saturated rings. The summed E-state index contributed by atoms with van der Waals surface area (Å²) < 4.78 is 10.7. The van der Waals surface area contributed by atoms with Crippen LogP contribution < -0.4 is 0 Å². The monoisotopic (exact) mass is 268 g/mol. The van der Waals surface area contributed by atoms with Gasteiger partial charge in [0.25, 0.3) is 0 Å². The third kappa shape index (κ3) is 3.17. The smallest absolute Gasteiger partial charge is 0.184 e. The average molecular weight is 268 g/mol. The lowest BCUT2D eigenvalue weighted by molar-refractivity contribution is -0.281. The summed E-state index contributed by atoms with van der Waals surface area (Å²) >= 11 is 0. The number of rotatable bonds is 4. The molecule has 0 aliphatic carbocycles. The average Bonchev–Trinajstić information content (AvgIpc) is 2.47. The number of hydrogen-bond donors (Lipinski definition) is 3. The van der Waals surface area contributed by atoms with Gasteiger partial charge in [0.1, 0.15) is 24.4 Å². The molecule has 0 spiro atoms. The fourth-order valence-corrected chi connectivity index (χ4v) is 1.92. The summed E-state index contributed by atoms with van der Waals surface area (Å²) in [4.78, 5) is 10.5. The van der Waals surface area contributed by atoms with E-state index in [1.807, 2.05) is 6.07 Å². The highest BCUT2D eigenvalue weighted by atomic mass is 16.7. The molecule has 0 radical (unpaired) electrons. The van der Waals surface area contributed by atoms with Crippen molar-refractivity contribution < 1.29 is 29.6 Å². The van der Waals surface area contributed by atoms with Crippen LogP contribution in [0.4, 0.5) is 0 Å². The van der Waals surface area contributed by atoms with E-state index in [9.17, 15) is 20.1 Å². The fourth-order valence-electron chi connectivity index (χ4n) is 1.92. The van der Waals surface area contributed by atoms with Crippen LogP contribution in [-0.4, -0.2) is 52.6 Å². The number of aliphatic hydroxyl groups excluding tert-OH is 3. The Morgan fingerprint density at radius 2 is 1.95 bits per heavy atom. The van der Waals surface area contributed by atoms with Crippen molar-refractivity contribution in [2.75, 3.05) is 6.61 Å². The van der Waals surface area contributed by atoms with Gasteiger partial charge >= 0.3 is 0 Å². The molecular formula is C13H16O6. The van der Waals surface area contributed by atoms with E-state index in [0.29, 0.717) is 0 Å². The summed E-state index contributed by atoms with van der Waals surface area (Å²) in [5.41, 5.74) is 0.729. The van der Waals surface area contributed by atoms with Crippen LogP contribution in [0.15, 0.2) is 30.3 Å². The van der Waals surface area contributed by atoms with Crippen LogP contribution in [0.2, 0.25) is 0 Å². The Kier molecular flexibility index (Phi) is 4.62. The van der Waals surface area contributed by atoms with E-state index >= 15 is 0 Å². The second kappa shape index (κ2) is 6.23. The molecule has 1 saturated heterocycles. The van der Waals surface area contributed by atoms with E-state index in [4.69, 9.17) is 9.47 Å². The highest BCUT2D eigenvalue weighted by Gasteiger charge is 2.39. The highest BCUT2D eigenvalue weighted by molar-refractivity contribution is 5.56. The van der Waals surface area contributed by atoms with Crippen molar-refractivity contribution in [1.29, 1.82) is 0 Å². The lowest BCUT2D eigenvalue weighted by Gasteiger charge is -2.37. The number of benzene rings is 1. The Balaban J connectivity index is 2.10. The molecule has 6 nitrogen and oxygen atoms in total. The minimum atomic E-state index is -1.60. The molecule has 5 atom stereocenters. The molecule has 0 amide bonds. The predicted molar refractivity (Wildman–Crippen MR) is 64.1 cm³/mol. The number of carbonyl (C=O) groups excluding carboxylic acids is 1. The molecular weight excluding hydrogens is 252 g/mol. The maximum Gasteiger partial charge on any atom is 0.184 e. The van der Waals surface area contributed by atoms with Crippen LogP contribution in [-0.2, 0) is 14.3 Å². The van der Waals surface area contributed by atoms with E-state index in [0.717, 1.165) is 5.56 Å². The lowest BCUT2D eigenvalue weighted by atomic mass is 10.0. The molecule has 0 saturated carbocycles. The molecule has 1 aromatic rings. The van der Waals surface area contributed by atoms with Crippen molar-refractivity contribution in [3.05, 3.63) is 35.9 Å². The van der Waals surface area contributed by atoms with Crippen molar-refractivity contribution in [2.45, 2.75) is 30.7 Å². The number of aliphatic hydroxyl groups is 3. The molecule has 1 aliphatic rings. The van der Waals surface area contributed by atoms with Gasteiger partial charge in [-0.15, -0.1) is 0 Å². The summed E-state index contributed by atoms with van der Waals surface area (Å²) in [6.45, 7) is -0.0487. The zero-order valence-corrected chi connectivity index (χ0v) is 10.1. The summed E-state index contributed by atoms with van der Waals surface area (Å²) in [7, 11) is 0. The van der Waals surface area contributed by atoms with Gasteiger partial charge in [-0.2, -0.15) is 0 Å². The SMILES string of the molecule is O=C[C@H](O)[C@@H](O)[C@@H]1O[C@H](c2ccccc2)OC[C@H]1O. The molecule has 104 valence electrons. The first-order valence-electron chi connectivity index (χ1n) is 5.95. The van der Waals surface area contributed by atoms with Gasteiger partial charge in [0, 0.05) is 5.56 Å². The van der Waals surface area contributed by atoms with Crippen LogP contribution in [0, 0.1) is 0 Å². The lowest BCUT2D eigenvalue weighted by Crippen LogP contribution is -2.51. The van der Waals surface area contributed by atoms with Crippen LogP contribution >= 0.6 is 0 Å². The summed E-state index contributed by atoms with van der Waals surface area (Å²) in [6.07, 6.45) is -5.84.